The van der Waals surface area contributed by atoms with Gasteiger partial charge in [-0.05, 0) is 74.3 Å². The summed E-state index contributed by atoms with van der Waals surface area (Å²) in [7, 11) is 0. The zero-order valence-electron chi connectivity index (χ0n) is 18.4. The first-order chi connectivity index (χ1) is 16.1. The minimum absolute atomic E-state index is 0.0742. The van der Waals surface area contributed by atoms with Crippen molar-refractivity contribution in [1.82, 2.24) is 19.2 Å². The van der Waals surface area contributed by atoms with Gasteiger partial charge in [0.05, 0.1) is 11.1 Å². The molecule has 0 radical (unpaired) electrons. The van der Waals surface area contributed by atoms with Crippen LogP contribution in [0.25, 0.3) is 5.65 Å². The molecule has 2 aromatic heterocycles. The lowest BCUT2D eigenvalue weighted by atomic mass is 10.0. The van der Waals surface area contributed by atoms with Gasteiger partial charge in [-0.25, -0.2) is 4.98 Å². The first-order valence-electron chi connectivity index (χ1n) is 12.0. The maximum Gasteiger partial charge on any atom is 0.419 e. The van der Waals surface area contributed by atoms with E-state index in [2.05, 4.69) is 4.98 Å². The van der Waals surface area contributed by atoms with Crippen molar-refractivity contribution in [1.29, 1.82) is 0 Å². The molecule has 1 saturated heterocycles. The monoisotopic (exact) mass is 492 g/mol. The minimum Gasteiger partial charge on any atom is -0.336 e. The molecule has 1 aliphatic heterocycles. The molecule has 0 aromatic carbocycles. The predicted molar refractivity (Wildman–Crippen MR) is 117 cm³/mol. The Morgan fingerprint density at radius 1 is 1.15 bits per heavy atom. The van der Waals surface area contributed by atoms with Crippen LogP contribution in [0.4, 0.5) is 13.2 Å². The Bertz CT molecular complexity index is 1240. The van der Waals surface area contributed by atoms with Crippen LogP contribution in [0.2, 0.25) is 5.15 Å². The fourth-order valence-corrected chi connectivity index (χ4v) is 6.52. The number of carbonyl (C=O) groups excluding carboxylic acids is 2. The topological polar surface area (TPSA) is 57.9 Å². The number of carbonyl (C=O) groups is 2. The number of fused-ring (bicyclic) bond motifs is 2. The number of hydrogen-bond donors (Lipinski definition) is 0. The molecule has 6 nitrogen and oxygen atoms in total. The lowest BCUT2D eigenvalue weighted by Gasteiger charge is -2.44. The number of rotatable bonds is 3. The summed E-state index contributed by atoms with van der Waals surface area (Å²) in [4.78, 5) is 34.2. The molecule has 0 N–H and O–H groups in total. The lowest BCUT2D eigenvalue weighted by Crippen LogP contribution is -2.61. The summed E-state index contributed by atoms with van der Waals surface area (Å²) in [6.45, 7) is 0.417. The van der Waals surface area contributed by atoms with Gasteiger partial charge in [-0.3, -0.25) is 14.0 Å². The summed E-state index contributed by atoms with van der Waals surface area (Å²) in [6, 6.07) is 1.38. The highest BCUT2D eigenvalue weighted by atomic mass is 35.5. The van der Waals surface area contributed by atoms with Crippen molar-refractivity contribution in [3.63, 3.8) is 0 Å². The molecule has 2 unspecified atom stereocenters. The van der Waals surface area contributed by atoms with Gasteiger partial charge < -0.3 is 9.80 Å². The average Bonchev–Trinajstić information content (AvgIpc) is 3.73. The summed E-state index contributed by atoms with van der Waals surface area (Å²) in [5.41, 5.74) is -1.38. The third kappa shape index (κ3) is 3.11. The van der Waals surface area contributed by atoms with Crippen LogP contribution in [0.3, 0.4) is 0 Å². The predicted octanol–water partition coefficient (Wildman–Crippen LogP) is 4.50. The average molecular weight is 493 g/mol. The minimum atomic E-state index is -4.62. The quantitative estimate of drug-likeness (QED) is 0.634. The number of hydrogen-bond acceptors (Lipinski definition) is 3. The molecule has 5 aliphatic rings. The SMILES string of the molecule is O=C1CN(C(=O)c2nc3c(C(F)(F)F)cc(C4CC4)cn3c2Cl)C2(CC2)CN1C1CC2CC2C1. The van der Waals surface area contributed by atoms with Gasteiger partial charge in [0.2, 0.25) is 5.91 Å². The Morgan fingerprint density at radius 2 is 1.85 bits per heavy atom. The van der Waals surface area contributed by atoms with Crippen LogP contribution in [0.5, 0.6) is 0 Å². The van der Waals surface area contributed by atoms with Gasteiger partial charge >= 0.3 is 6.18 Å². The van der Waals surface area contributed by atoms with E-state index in [0.717, 1.165) is 56.4 Å². The van der Waals surface area contributed by atoms with Crippen LogP contribution in [0, 0.1) is 11.8 Å². The Labute approximate surface area is 199 Å². The highest BCUT2D eigenvalue weighted by Crippen LogP contribution is 2.55. The van der Waals surface area contributed by atoms with Crippen molar-refractivity contribution in [2.45, 2.75) is 68.6 Å². The Kier molecular flexibility index (Phi) is 4.13. The van der Waals surface area contributed by atoms with Crippen molar-refractivity contribution in [2.75, 3.05) is 13.1 Å². The lowest BCUT2D eigenvalue weighted by molar-refractivity contribution is -0.141. The number of amides is 2. The van der Waals surface area contributed by atoms with Gasteiger partial charge in [0.25, 0.3) is 5.91 Å². The largest absolute Gasteiger partial charge is 0.419 e. The van der Waals surface area contributed by atoms with Gasteiger partial charge in [0.1, 0.15) is 11.7 Å². The van der Waals surface area contributed by atoms with E-state index in [-0.39, 0.29) is 40.9 Å². The number of halogens is 4. The summed E-state index contributed by atoms with van der Waals surface area (Å²) in [6.07, 6.45) is 3.50. The van der Waals surface area contributed by atoms with Crippen molar-refractivity contribution in [3.8, 4) is 0 Å². The molecule has 2 atom stereocenters. The Morgan fingerprint density at radius 3 is 2.47 bits per heavy atom. The van der Waals surface area contributed by atoms with Crippen molar-refractivity contribution in [3.05, 3.63) is 34.2 Å². The first-order valence-corrected chi connectivity index (χ1v) is 12.4. The third-order valence-electron chi connectivity index (χ3n) is 8.62. The number of imidazole rings is 1. The smallest absolute Gasteiger partial charge is 0.336 e. The third-order valence-corrected chi connectivity index (χ3v) is 8.98. The van der Waals surface area contributed by atoms with Crippen LogP contribution in [0.15, 0.2) is 12.3 Å². The zero-order valence-corrected chi connectivity index (χ0v) is 19.2. The number of piperazine rings is 1. The standard InChI is InChI=1S/C24H24ClF3N4O2/c25-20-19(29-21-17(24(26,27)28)8-15(9-30(20)21)12-1-2-12)22(34)32-10-18(33)31(11-23(32)3-4-23)16-6-13-5-14(13)7-16/h8-9,12-14,16H,1-7,10-11H2. The second kappa shape index (κ2) is 6.68. The highest BCUT2D eigenvalue weighted by molar-refractivity contribution is 6.33. The van der Waals surface area contributed by atoms with E-state index in [1.165, 1.54) is 15.7 Å². The molecule has 4 aliphatic carbocycles. The van der Waals surface area contributed by atoms with Gasteiger partial charge in [0.15, 0.2) is 11.3 Å². The molecule has 2 aromatic rings. The Balaban J connectivity index is 1.23. The molecule has 34 heavy (non-hydrogen) atoms. The van der Waals surface area contributed by atoms with Crippen molar-refractivity contribution >= 4 is 29.1 Å². The molecule has 10 heteroatoms. The Hall–Kier alpha value is -2.29. The van der Waals surface area contributed by atoms with Gasteiger partial charge in [0, 0.05) is 18.8 Å². The van der Waals surface area contributed by atoms with Crippen molar-refractivity contribution in [2.24, 2.45) is 11.8 Å². The molecule has 2 amide bonds. The van der Waals surface area contributed by atoms with E-state index in [4.69, 9.17) is 11.6 Å². The maximum atomic E-state index is 13.8. The van der Waals surface area contributed by atoms with Gasteiger partial charge in [-0.2, -0.15) is 13.2 Å². The molecule has 180 valence electrons. The van der Waals surface area contributed by atoms with Gasteiger partial charge in [-0.15, -0.1) is 0 Å². The highest BCUT2D eigenvalue weighted by Gasteiger charge is 2.58. The molecule has 0 bridgehead atoms. The summed E-state index contributed by atoms with van der Waals surface area (Å²) in [5, 5.41) is -0.130. The van der Waals surface area contributed by atoms with Crippen LogP contribution < -0.4 is 0 Å². The molecular weight excluding hydrogens is 469 g/mol. The van der Waals surface area contributed by atoms with Crippen LogP contribution >= 0.6 is 11.6 Å². The second-order valence-corrected chi connectivity index (χ2v) is 11.3. The fraction of sp³-hybridized carbons (Fsp3) is 0.625. The zero-order chi connectivity index (χ0) is 23.6. The second-order valence-electron chi connectivity index (χ2n) is 10.9. The van der Waals surface area contributed by atoms with Crippen molar-refractivity contribution < 1.29 is 22.8 Å². The van der Waals surface area contributed by atoms with Crippen LogP contribution in [-0.2, 0) is 11.0 Å². The summed E-state index contributed by atoms with van der Waals surface area (Å²) >= 11 is 6.48. The van der Waals surface area contributed by atoms with Crippen LogP contribution in [-0.4, -0.2) is 55.7 Å². The van der Waals surface area contributed by atoms with E-state index in [1.54, 1.807) is 6.20 Å². The molecule has 7 rings (SSSR count). The molecule has 1 spiro atoms. The molecule has 4 saturated carbocycles. The maximum absolute atomic E-state index is 13.8. The number of nitrogens with zero attached hydrogens (tertiary/aromatic N) is 4. The first kappa shape index (κ1) is 21.0. The number of alkyl halides is 3. The molecule has 3 heterocycles. The fourth-order valence-electron chi connectivity index (χ4n) is 6.26. The van der Waals surface area contributed by atoms with Crippen LogP contribution in [0.1, 0.15) is 72.5 Å². The van der Waals surface area contributed by atoms with Gasteiger partial charge in [-0.1, -0.05) is 11.6 Å². The van der Waals surface area contributed by atoms with E-state index in [9.17, 15) is 22.8 Å². The van der Waals surface area contributed by atoms with E-state index in [1.807, 2.05) is 4.90 Å². The molecular formula is C24H24ClF3N4O2. The normalized spacial score (nSPS) is 29.8. The van der Waals surface area contributed by atoms with E-state index < -0.39 is 23.2 Å². The number of pyridine rings is 1. The summed E-state index contributed by atoms with van der Waals surface area (Å²) < 4.78 is 42.7. The molecule has 5 fully saturated rings. The summed E-state index contributed by atoms with van der Waals surface area (Å²) in [5.74, 6) is 0.907. The number of aromatic nitrogens is 2. The van der Waals surface area contributed by atoms with E-state index >= 15 is 0 Å². The van der Waals surface area contributed by atoms with E-state index in [0.29, 0.717) is 12.1 Å².